The topological polar surface area (TPSA) is 94.4 Å². The summed E-state index contributed by atoms with van der Waals surface area (Å²) in [4.78, 5) is 28.5. The van der Waals surface area contributed by atoms with Crippen LogP contribution >= 0.6 is 27.7 Å². The lowest BCUT2D eigenvalue weighted by molar-refractivity contribution is -0.384. The largest absolute Gasteiger partial charge is 0.495 e. The van der Waals surface area contributed by atoms with Crippen molar-refractivity contribution >= 4 is 45.0 Å². The number of methoxy groups -OCH3 is 1. The molecule has 3 rings (SSSR count). The van der Waals surface area contributed by atoms with Gasteiger partial charge in [-0.3, -0.25) is 14.9 Å². The first kappa shape index (κ1) is 19.8. The van der Waals surface area contributed by atoms with Crippen molar-refractivity contribution < 1.29 is 14.5 Å². The molecule has 9 heteroatoms. The molecule has 1 amide bonds. The average molecular weight is 460 g/mol. The molecule has 1 N–H and O–H groups in total. The van der Waals surface area contributed by atoms with Gasteiger partial charge in [0.2, 0.25) is 0 Å². The normalized spacial score (nSPS) is 10.4. The minimum absolute atomic E-state index is 0.147. The molecule has 0 radical (unpaired) electrons. The van der Waals surface area contributed by atoms with Gasteiger partial charge in [-0.25, -0.2) is 4.98 Å². The number of hydrogen-bond acceptors (Lipinski definition) is 6. The fourth-order valence-corrected chi connectivity index (χ4v) is 3.50. The Kier molecular flexibility index (Phi) is 6.27. The average Bonchev–Trinajstić information content (AvgIpc) is 2.70. The molecule has 3 aromatic rings. The van der Waals surface area contributed by atoms with Crippen molar-refractivity contribution in [3.8, 4) is 5.75 Å². The van der Waals surface area contributed by atoms with Gasteiger partial charge in [0.25, 0.3) is 11.6 Å². The first-order chi connectivity index (χ1) is 13.5. The van der Waals surface area contributed by atoms with Crippen LogP contribution in [0.4, 0.5) is 11.4 Å². The third-order valence-electron chi connectivity index (χ3n) is 3.69. The summed E-state index contributed by atoms with van der Waals surface area (Å²) >= 11 is 4.73. The van der Waals surface area contributed by atoms with Crippen LogP contribution in [-0.4, -0.2) is 22.9 Å². The minimum atomic E-state index is -0.534. The van der Waals surface area contributed by atoms with Crippen molar-refractivity contribution in [2.45, 2.75) is 9.92 Å². The van der Waals surface area contributed by atoms with E-state index in [2.05, 4.69) is 26.2 Å². The number of amides is 1. The van der Waals surface area contributed by atoms with Crippen LogP contribution in [0, 0.1) is 10.1 Å². The van der Waals surface area contributed by atoms with E-state index in [1.165, 1.54) is 37.1 Å². The van der Waals surface area contributed by atoms with Gasteiger partial charge in [0, 0.05) is 27.7 Å². The molecular formula is C19H14BrN3O4S. The van der Waals surface area contributed by atoms with E-state index in [9.17, 15) is 14.9 Å². The second kappa shape index (κ2) is 8.85. The predicted molar refractivity (Wildman–Crippen MR) is 110 cm³/mol. The Balaban J connectivity index is 1.88. The summed E-state index contributed by atoms with van der Waals surface area (Å²) in [6, 6.07) is 14.9. The van der Waals surface area contributed by atoms with Crippen LogP contribution in [0.5, 0.6) is 5.75 Å². The van der Waals surface area contributed by atoms with Gasteiger partial charge in [-0.1, -0.05) is 27.7 Å². The van der Waals surface area contributed by atoms with Crippen LogP contribution in [0.15, 0.2) is 75.2 Å². The fourth-order valence-electron chi connectivity index (χ4n) is 2.36. The van der Waals surface area contributed by atoms with Gasteiger partial charge in [-0.15, -0.1) is 0 Å². The van der Waals surface area contributed by atoms with E-state index >= 15 is 0 Å². The number of anilines is 1. The number of non-ortho nitro benzene ring substituents is 1. The Hall–Kier alpha value is -2.91. The van der Waals surface area contributed by atoms with Crippen LogP contribution in [0.2, 0.25) is 0 Å². The molecule has 1 heterocycles. The lowest BCUT2D eigenvalue weighted by atomic mass is 10.2. The number of nitro groups is 1. The highest BCUT2D eigenvalue weighted by molar-refractivity contribution is 9.10. The number of hydrogen-bond donors (Lipinski definition) is 1. The molecule has 142 valence electrons. The maximum absolute atomic E-state index is 12.8. The molecule has 28 heavy (non-hydrogen) atoms. The number of nitrogens with zero attached hydrogens (tertiary/aromatic N) is 2. The van der Waals surface area contributed by atoms with Gasteiger partial charge >= 0.3 is 0 Å². The highest BCUT2D eigenvalue weighted by Gasteiger charge is 2.18. The zero-order chi connectivity index (χ0) is 20.1. The Morgan fingerprint density at radius 2 is 1.96 bits per heavy atom. The number of benzene rings is 2. The first-order valence-corrected chi connectivity index (χ1v) is 9.61. The van der Waals surface area contributed by atoms with E-state index in [4.69, 9.17) is 4.74 Å². The van der Waals surface area contributed by atoms with Crippen molar-refractivity contribution in [1.29, 1.82) is 0 Å². The maximum Gasteiger partial charge on any atom is 0.271 e. The molecule has 0 fully saturated rings. The van der Waals surface area contributed by atoms with E-state index in [0.717, 1.165) is 9.37 Å². The van der Waals surface area contributed by atoms with Crippen molar-refractivity contribution in [1.82, 2.24) is 4.98 Å². The van der Waals surface area contributed by atoms with Crippen LogP contribution < -0.4 is 10.1 Å². The number of halogens is 1. The number of nitro benzene ring substituents is 1. The van der Waals surface area contributed by atoms with Gasteiger partial charge in [0.05, 0.1) is 23.3 Å². The number of pyridine rings is 1. The fraction of sp³-hybridized carbons (Fsp3) is 0.0526. The SMILES string of the molecule is COc1ccc([N+](=O)[O-])cc1NC(=O)c1cccnc1Sc1ccc(Br)cc1. The lowest BCUT2D eigenvalue weighted by Crippen LogP contribution is -2.14. The molecule has 7 nitrogen and oxygen atoms in total. The van der Waals surface area contributed by atoms with Gasteiger partial charge in [0.1, 0.15) is 10.8 Å². The van der Waals surface area contributed by atoms with Gasteiger partial charge in [0.15, 0.2) is 0 Å². The molecule has 0 saturated heterocycles. The van der Waals surface area contributed by atoms with E-state index in [0.29, 0.717) is 16.3 Å². The monoisotopic (exact) mass is 459 g/mol. The van der Waals surface area contributed by atoms with E-state index in [-0.39, 0.29) is 11.4 Å². The molecule has 0 unspecified atom stereocenters. The molecule has 0 aliphatic rings. The number of aromatic nitrogens is 1. The summed E-state index contributed by atoms with van der Waals surface area (Å²) in [6.07, 6.45) is 1.60. The van der Waals surface area contributed by atoms with Crippen LogP contribution in [-0.2, 0) is 0 Å². The van der Waals surface area contributed by atoms with Gasteiger partial charge in [-0.05, 0) is 42.5 Å². The van der Waals surface area contributed by atoms with E-state index in [1.807, 2.05) is 24.3 Å². The molecular weight excluding hydrogens is 446 g/mol. The van der Waals surface area contributed by atoms with E-state index < -0.39 is 10.8 Å². The first-order valence-electron chi connectivity index (χ1n) is 8.00. The number of carbonyl (C=O) groups is 1. The second-order valence-electron chi connectivity index (χ2n) is 5.51. The zero-order valence-corrected chi connectivity index (χ0v) is 17.0. The molecule has 0 aliphatic carbocycles. The predicted octanol–water partition coefficient (Wildman–Crippen LogP) is 5.16. The quantitative estimate of drug-likeness (QED) is 0.403. The highest BCUT2D eigenvalue weighted by Crippen LogP contribution is 2.32. The summed E-state index contributed by atoms with van der Waals surface area (Å²) in [5, 5.41) is 14.2. The Morgan fingerprint density at radius 1 is 1.21 bits per heavy atom. The number of rotatable bonds is 6. The smallest absolute Gasteiger partial charge is 0.271 e. The molecule has 0 bridgehead atoms. The standard InChI is InChI=1S/C19H14BrN3O4S/c1-27-17-9-6-13(23(25)26)11-16(17)22-18(24)15-3-2-10-21-19(15)28-14-7-4-12(20)5-8-14/h2-11H,1H3,(H,22,24). The van der Waals surface area contributed by atoms with Crippen LogP contribution in [0.25, 0.3) is 0 Å². The van der Waals surface area contributed by atoms with Gasteiger partial charge in [-0.2, -0.15) is 0 Å². The summed E-state index contributed by atoms with van der Waals surface area (Å²) < 4.78 is 6.14. The number of carbonyl (C=O) groups excluding carboxylic acids is 1. The maximum atomic E-state index is 12.8. The summed E-state index contributed by atoms with van der Waals surface area (Å²) in [7, 11) is 1.43. The molecule has 1 aromatic heterocycles. The van der Waals surface area contributed by atoms with Crippen molar-refractivity contribution in [2.75, 3.05) is 12.4 Å². The Morgan fingerprint density at radius 3 is 2.64 bits per heavy atom. The molecule has 0 aliphatic heterocycles. The summed E-state index contributed by atoms with van der Waals surface area (Å²) in [5.74, 6) is -0.114. The van der Waals surface area contributed by atoms with Crippen molar-refractivity contribution in [3.05, 3.63) is 80.9 Å². The number of ether oxygens (including phenoxy) is 1. The molecule has 2 aromatic carbocycles. The Bertz CT molecular complexity index is 1030. The van der Waals surface area contributed by atoms with Crippen molar-refractivity contribution in [2.24, 2.45) is 0 Å². The summed E-state index contributed by atoms with van der Waals surface area (Å²) in [5.41, 5.74) is 0.417. The van der Waals surface area contributed by atoms with Gasteiger partial charge < -0.3 is 10.1 Å². The Labute approximate surface area is 173 Å². The van der Waals surface area contributed by atoms with Crippen molar-refractivity contribution in [3.63, 3.8) is 0 Å². The van der Waals surface area contributed by atoms with Crippen LogP contribution in [0.1, 0.15) is 10.4 Å². The van der Waals surface area contributed by atoms with E-state index in [1.54, 1.807) is 18.3 Å². The van der Waals surface area contributed by atoms with Crippen LogP contribution in [0.3, 0.4) is 0 Å². The minimum Gasteiger partial charge on any atom is -0.495 e. The molecule has 0 saturated carbocycles. The molecule has 0 spiro atoms. The second-order valence-corrected chi connectivity index (χ2v) is 7.49. The molecule has 0 atom stereocenters. The summed E-state index contributed by atoms with van der Waals surface area (Å²) in [6.45, 7) is 0. The third-order valence-corrected chi connectivity index (χ3v) is 5.24. The highest BCUT2D eigenvalue weighted by atomic mass is 79.9. The third kappa shape index (κ3) is 4.68. The zero-order valence-electron chi connectivity index (χ0n) is 14.6. The lowest BCUT2D eigenvalue weighted by Gasteiger charge is -2.12. The number of nitrogens with one attached hydrogen (secondary N) is 1.